The van der Waals surface area contributed by atoms with Crippen LogP contribution in [0.3, 0.4) is 0 Å². The standard InChI is InChI=1S/C14H30O2/c1-9-15-10-11(2)16-14(7,8)12(3)13(4,5)6/h11-12H,9-10H2,1-8H3. The second kappa shape index (κ2) is 6.02. The molecule has 0 N–H and O–H groups in total. The third kappa shape index (κ3) is 5.31. The van der Waals surface area contributed by atoms with Gasteiger partial charge in [0.2, 0.25) is 0 Å². The lowest BCUT2D eigenvalue weighted by Gasteiger charge is -2.41. The highest BCUT2D eigenvalue weighted by Crippen LogP contribution is 2.36. The summed E-state index contributed by atoms with van der Waals surface area (Å²) in [5.41, 5.74) is 0.142. The Morgan fingerprint density at radius 2 is 1.50 bits per heavy atom. The summed E-state index contributed by atoms with van der Waals surface area (Å²) in [6.07, 6.45) is 0.153. The van der Waals surface area contributed by atoms with Crippen LogP contribution >= 0.6 is 0 Å². The van der Waals surface area contributed by atoms with Crippen molar-refractivity contribution in [3.8, 4) is 0 Å². The van der Waals surface area contributed by atoms with E-state index in [1.807, 2.05) is 6.92 Å². The van der Waals surface area contributed by atoms with Gasteiger partial charge in [0, 0.05) is 6.61 Å². The average Bonchev–Trinajstić information content (AvgIpc) is 2.11. The molecule has 0 amide bonds. The number of hydrogen-bond donors (Lipinski definition) is 0. The normalized spacial score (nSPS) is 17.2. The maximum Gasteiger partial charge on any atom is 0.0787 e. The fourth-order valence-electron chi connectivity index (χ4n) is 1.98. The molecule has 2 nitrogen and oxygen atoms in total. The molecule has 0 spiro atoms. The van der Waals surface area contributed by atoms with Crippen molar-refractivity contribution >= 4 is 0 Å². The smallest absolute Gasteiger partial charge is 0.0787 e. The van der Waals surface area contributed by atoms with Crippen LogP contribution in [0.5, 0.6) is 0 Å². The maximum absolute atomic E-state index is 6.10. The molecule has 0 radical (unpaired) electrons. The van der Waals surface area contributed by atoms with Gasteiger partial charge in [-0.15, -0.1) is 0 Å². The molecule has 0 aliphatic heterocycles. The van der Waals surface area contributed by atoms with Crippen molar-refractivity contribution in [2.45, 2.75) is 67.1 Å². The Labute approximate surface area is 102 Å². The van der Waals surface area contributed by atoms with Crippen molar-refractivity contribution in [2.24, 2.45) is 11.3 Å². The minimum atomic E-state index is -0.116. The van der Waals surface area contributed by atoms with Gasteiger partial charge < -0.3 is 9.47 Å². The van der Waals surface area contributed by atoms with Crippen LogP contribution in [-0.4, -0.2) is 24.9 Å². The average molecular weight is 230 g/mol. The second-order valence-corrected chi connectivity index (χ2v) is 6.28. The molecule has 0 fully saturated rings. The zero-order valence-corrected chi connectivity index (χ0v) is 12.4. The van der Waals surface area contributed by atoms with E-state index in [4.69, 9.17) is 9.47 Å². The van der Waals surface area contributed by atoms with E-state index >= 15 is 0 Å². The van der Waals surface area contributed by atoms with E-state index in [-0.39, 0.29) is 17.1 Å². The third-order valence-corrected chi connectivity index (χ3v) is 3.40. The summed E-state index contributed by atoms with van der Waals surface area (Å²) >= 11 is 0. The Bertz CT molecular complexity index is 191. The van der Waals surface area contributed by atoms with Gasteiger partial charge in [-0.05, 0) is 39.0 Å². The third-order valence-electron chi connectivity index (χ3n) is 3.40. The summed E-state index contributed by atoms with van der Waals surface area (Å²) in [4.78, 5) is 0. The minimum absolute atomic E-state index is 0.116. The van der Waals surface area contributed by atoms with Crippen LogP contribution in [0.4, 0.5) is 0 Å². The number of hydrogen-bond acceptors (Lipinski definition) is 2. The van der Waals surface area contributed by atoms with Gasteiger partial charge in [-0.2, -0.15) is 0 Å². The first-order valence-corrected chi connectivity index (χ1v) is 6.36. The Balaban J connectivity index is 4.33. The summed E-state index contributed by atoms with van der Waals surface area (Å²) in [5, 5.41) is 0. The molecule has 0 aromatic carbocycles. The molecule has 0 aliphatic carbocycles. The largest absolute Gasteiger partial charge is 0.379 e. The summed E-state index contributed by atoms with van der Waals surface area (Å²) in [6.45, 7) is 18.9. The highest BCUT2D eigenvalue weighted by molar-refractivity contribution is 4.85. The van der Waals surface area contributed by atoms with E-state index in [0.29, 0.717) is 12.5 Å². The highest BCUT2D eigenvalue weighted by Gasteiger charge is 2.36. The number of ether oxygens (including phenoxy) is 2. The van der Waals surface area contributed by atoms with Crippen LogP contribution in [0.25, 0.3) is 0 Å². The van der Waals surface area contributed by atoms with Crippen LogP contribution in [-0.2, 0) is 9.47 Å². The maximum atomic E-state index is 6.10. The molecule has 0 saturated heterocycles. The predicted molar refractivity (Wildman–Crippen MR) is 69.7 cm³/mol. The Kier molecular flexibility index (Phi) is 5.99. The molecule has 16 heavy (non-hydrogen) atoms. The molecule has 0 heterocycles. The molecule has 2 atom stereocenters. The van der Waals surface area contributed by atoms with E-state index in [1.165, 1.54) is 0 Å². The van der Waals surface area contributed by atoms with E-state index in [0.717, 1.165) is 6.61 Å². The van der Waals surface area contributed by atoms with E-state index in [2.05, 4.69) is 48.5 Å². The molecule has 0 saturated carbocycles. The van der Waals surface area contributed by atoms with Gasteiger partial charge in [0.25, 0.3) is 0 Å². The fourth-order valence-corrected chi connectivity index (χ4v) is 1.98. The SMILES string of the molecule is CCOCC(C)OC(C)(C)C(C)C(C)(C)C. The Morgan fingerprint density at radius 3 is 1.88 bits per heavy atom. The van der Waals surface area contributed by atoms with Crippen LogP contribution in [0, 0.1) is 11.3 Å². The Morgan fingerprint density at radius 1 is 1.00 bits per heavy atom. The van der Waals surface area contributed by atoms with Crippen molar-refractivity contribution < 1.29 is 9.47 Å². The minimum Gasteiger partial charge on any atom is -0.379 e. The Hall–Kier alpha value is -0.0800. The van der Waals surface area contributed by atoms with Gasteiger partial charge in [-0.3, -0.25) is 0 Å². The van der Waals surface area contributed by atoms with Crippen LogP contribution in [0.1, 0.15) is 55.4 Å². The molecule has 0 rings (SSSR count). The molecule has 0 aromatic rings. The first-order chi connectivity index (χ1) is 7.11. The number of rotatable bonds is 6. The zero-order chi connectivity index (χ0) is 13.0. The molecule has 98 valence electrons. The predicted octanol–water partition coefficient (Wildman–Crippen LogP) is 3.89. The first-order valence-electron chi connectivity index (χ1n) is 6.36. The van der Waals surface area contributed by atoms with Crippen LogP contribution in [0.2, 0.25) is 0 Å². The molecule has 0 aromatic heterocycles. The van der Waals surface area contributed by atoms with Crippen molar-refractivity contribution in [2.75, 3.05) is 13.2 Å². The van der Waals surface area contributed by atoms with Gasteiger partial charge in [0.05, 0.1) is 18.3 Å². The lowest BCUT2D eigenvalue weighted by atomic mass is 9.73. The lowest BCUT2D eigenvalue weighted by Crippen LogP contribution is -2.43. The molecule has 2 heteroatoms. The summed E-state index contributed by atoms with van der Waals surface area (Å²) in [6, 6.07) is 0. The lowest BCUT2D eigenvalue weighted by molar-refractivity contribution is -0.136. The van der Waals surface area contributed by atoms with E-state index in [9.17, 15) is 0 Å². The molecule has 0 bridgehead atoms. The van der Waals surface area contributed by atoms with E-state index < -0.39 is 0 Å². The summed E-state index contributed by atoms with van der Waals surface area (Å²) in [5.74, 6) is 0.490. The van der Waals surface area contributed by atoms with E-state index in [1.54, 1.807) is 0 Å². The van der Waals surface area contributed by atoms with Gasteiger partial charge in [-0.25, -0.2) is 0 Å². The van der Waals surface area contributed by atoms with Crippen molar-refractivity contribution in [3.63, 3.8) is 0 Å². The van der Waals surface area contributed by atoms with Crippen LogP contribution in [0.15, 0.2) is 0 Å². The van der Waals surface area contributed by atoms with Gasteiger partial charge in [0.1, 0.15) is 0 Å². The molecule has 0 aliphatic rings. The quantitative estimate of drug-likeness (QED) is 0.689. The van der Waals surface area contributed by atoms with Gasteiger partial charge in [-0.1, -0.05) is 27.7 Å². The summed E-state index contributed by atoms with van der Waals surface area (Å²) in [7, 11) is 0. The van der Waals surface area contributed by atoms with Gasteiger partial charge >= 0.3 is 0 Å². The molecular weight excluding hydrogens is 200 g/mol. The first kappa shape index (κ1) is 15.9. The molecule has 2 unspecified atom stereocenters. The van der Waals surface area contributed by atoms with Crippen molar-refractivity contribution in [3.05, 3.63) is 0 Å². The molecular formula is C14H30O2. The highest BCUT2D eigenvalue weighted by atomic mass is 16.5. The van der Waals surface area contributed by atoms with Crippen LogP contribution < -0.4 is 0 Å². The second-order valence-electron chi connectivity index (χ2n) is 6.28. The fraction of sp³-hybridized carbons (Fsp3) is 1.00. The van der Waals surface area contributed by atoms with Gasteiger partial charge in [0.15, 0.2) is 0 Å². The summed E-state index contributed by atoms with van der Waals surface area (Å²) < 4.78 is 11.5. The zero-order valence-electron chi connectivity index (χ0n) is 12.4. The van der Waals surface area contributed by atoms with Crippen molar-refractivity contribution in [1.82, 2.24) is 0 Å². The topological polar surface area (TPSA) is 18.5 Å². The monoisotopic (exact) mass is 230 g/mol. The van der Waals surface area contributed by atoms with Crippen molar-refractivity contribution in [1.29, 1.82) is 0 Å².